The molecule has 2 aromatic rings. The lowest BCUT2D eigenvalue weighted by Gasteiger charge is -2.32. The van der Waals surface area contributed by atoms with Gasteiger partial charge < -0.3 is 19.9 Å². The standard InChI is InChI=1S/C17H21N5O2/c1-13-11-16(19-14-5-3-4-6-15(14)24-2)20-17(18-13)22-9-7-21(12-23)8-10-22/h3-6,11-12H,7-10H2,1-2H3,(H,18,19,20). The van der Waals surface area contributed by atoms with Gasteiger partial charge in [0, 0.05) is 37.9 Å². The van der Waals surface area contributed by atoms with Crippen LogP contribution in [0.2, 0.25) is 0 Å². The molecule has 1 aromatic heterocycles. The number of aromatic nitrogens is 2. The largest absolute Gasteiger partial charge is 0.495 e. The first kappa shape index (κ1) is 16.0. The van der Waals surface area contributed by atoms with Crippen LogP contribution in [-0.4, -0.2) is 54.6 Å². The predicted octanol–water partition coefficient (Wildman–Crippen LogP) is 1.82. The van der Waals surface area contributed by atoms with Gasteiger partial charge in [-0.1, -0.05) is 12.1 Å². The van der Waals surface area contributed by atoms with Crippen LogP contribution >= 0.6 is 0 Å². The van der Waals surface area contributed by atoms with Crippen molar-refractivity contribution in [1.82, 2.24) is 14.9 Å². The van der Waals surface area contributed by atoms with E-state index in [9.17, 15) is 4.79 Å². The highest BCUT2D eigenvalue weighted by molar-refractivity contribution is 5.64. The number of nitrogens with zero attached hydrogens (tertiary/aromatic N) is 4. The minimum Gasteiger partial charge on any atom is -0.495 e. The summed E-state index contributed by atoms with van der Waals surface area (Å²) in [6.45, 7) is 4.79. The van der Waals surface area contributed by atoms with E-state index in [-0.39, 0.29) is 0 Å². The van der Waals surface area contributed by atoms with E-state index in [1.54, 1.807) is 12.0 Å². The van der Waals surface area contributed by atoms with Gasteiger partial charge in [-0.3, -0.25) is 4.79 Å². The summed E-state index contributed by atoms with van der Waals surface area (Å²) in [6.07, 6.45) is 0.892. The third kappa shape index (κ3) is 3.56. The highest BCUT2D eigenvalue weighted by Crippen LogP contribution is 2.27. The van der Waals surface area contributed by atoms with Crippen molar-refractivity contribution in [3.8, 4) is 5.75 Å². The zero-order chi connectivity index (χ0) is 16.9. The smallest absolute Gasteiger partial charge is 0.227 e. The Morgan fingerprint density at radius 3 is 2.62 bits per heavy atom. The molecule has 0 bridgehead atoms. The van der Waals surface area contributed by atoms with Gasteiger partial charge in [0.05, 0.1) is 12.8 Å². The maximum Gasteiger partial charge on any atom is 0.227 e. The number of para-hydroxylation sites is 2. The first-order valence-corrected chi connectivity index (χ1v) is 7.89. The Kier molecular flexibility index (Phi) is 4.79. The molecule has 1 aliphatic rings. The third-order valence-corrected chi connectivity index (χ3v) is 3.96. The lowest BCUT2D eigenvalue weighted by atomic mass is 10.3. The lowest BCUT2D eigenvalue weighted by molar-refractivity contribution is -0.118. The quantitative estimate of drug-likeness (QED) is 0.845. The van der Waals surface area contributed by atoms with Gasteiger partial charge in [-0.2, -0.15) is 4.98 Å². The molecule has 1 fully saturated rings. The fourth-order valence-corrected chi connectivity index (χ4v) is 2.67. The van der Waals surface area contributed by atoms with Gasteiger partial charge >= 0.3 is 0 Å². The van der Waals surface area contributed by atoms with Gasteiger partial charge in [-0.15, -0.1) is 0 Å². The van der Waals surface area contributed by atoms with Gasteiger partial charge in [-0.25, -0.2) is 4.98 Å². The number of hydrogen-bond acceptors (Lipinski definition) is 6. The van der Waals surface area contributed by atoms with Crippen molar-refractivity contribution in [3.05, 3.63) is 36.0 Å². The molecule has 7 heteroatoms. The fourth-order valence-electron chi connectivity index (χ4n) is 2.67. The maximum absolute atomic E-state index is 10.8. The number of hydrogen-bond donors (Lipinski definition) is 1. The summed E-state index contributed by atoms with van der Waals surface area (Å²) < 4.78 is 5.36. The summed E-state index contributed by atoms with van der Waals surface area (Å²) in [5.74, 6) is 2.16. The molecule has 0 radical (unpaired) electrons. The molecule has 0 atom stereocenters. The molecule has 24 heavy (non-hydrogen) atoms. The third-order valence-electron chi connectivity index (χ3n) is 3.96. The first-order chi connectivity index (χ1) is 11.7. The molecule has 1 N–H and O–H groups in total. The maximum atomic E-state index is 10.8. The highest BCUT2D eigenvalue weighted by Gasteiger charge is 2.18. The second-order valence-corrected chi connectivity index (χ2v) is 5.65. The number of ether oxygens (including phenoxy) is 1. The molecule has 126 valence electrons. The second-order valence-electron chi connectivity index (χ2n) is 5.65. The Labute approximate surface area is 141 Å². The summed E-state index contributed by atoms with van der Waals surface area (Å²) in [7, 11) is 1.64. The van der Waals surface area contributed by atoms with E-state index in [1.807, 2.05) is 37.3 Å². The number of amides is 1. The molecule has 0 spiro atoms. The average molecular weight is 327 g/mol. The van der Waals surface area contributed by atoms with E-state index >= 15 is 0 Å². The number of anilines is 3. The van der Waals surface area contributed by atoms with Crippen molar-refractivity contribution in [2.24, 2.45) is 0 Å². The zero-order valence-electron chi connectivity index (χ0n) is 13.9. The number of benzene rings is 1. The van der Waals surface area contributed by atoms with Crippen molar-refractivity contribution in [3.63, 3.8) is 0 Å². The Morgan fingerprint density at radius 1 is 1.17 bits per heavy atom. The molecule has 7 nitrogen and oxygen atoms in total. The van der Waals surface area contributed by atoms with Gasteiger partial charge in [0.2, 0.25) is 12.4 Å². The van der Waals surface area contributed by atoms with Crippen LogP contribution in [0, 0.1) is 6.92 Å². The molecule has 1 saturated heterocycles. The molecule has 3 rings (SSSR count). The predicted molar refractivity (Wildman–Crippen MR) is 92.9 cm³/mol. The second kappa shape index (κ2) is 7.16. The van der Waals surface area contributed by atoms with Crippen molar-refractivity contribution < 1.29 is 9.53 Å². The van der Waals surface area contributed by atoms with Gasteiger partial charge in [0.1, 0.15) is 11.6 Å². The van der Waals surface area contributed by atoms with Gasteiger partial charge in [0.15, 0.2) is 0 Å². The van der Waals surface area contributed by atoms with Crippen LogP contribution in [0.4, 0.5) is 17.5 Å². The highest BCUT2D eigenvalue weighted by atomic mass is 16.5. The van der Waals surface area contributed by atoms with Crippen LogP contribution in [0.1, 0.15) is 5.69 Å². The molecule has 1 aromatic carbocycles. The van der Waals surface area contributed by atoms with E-state index < -0.39 is 0 Å². The molecule has 0 unspecified atom stereocenters. The molecule has 2 heterocycles. The van der Waals surface area contributed by atoms with E-state index in [0.29, 0.717) is 19.0 Å². The Balaban J connectivity index is 1.80. The van der Waals surface area contributed by atoms with Crippen molar-refractivity contribution in [2.45, 2.75) is 6.92 Å². The monoisotopic (exact) mass is 327 g/mol. The minimum absolute atomic E-state index is 0.679. The summed E-state index contributed by atoms with van der Waals surface area (Å²) in [4.78, 5) is 23.8. The first-order valence-electron chi connectivity index (χ1n) is 7.89. The van der Waals surface area contributed by atoms with Crippen LogP contribution in [0.3, 0.4) is 0 Å². The summed E-state index contributed by atoms with van der Waals surface area (Å²) in [5.41, 5.74) is 1.74. The summed E-state index contributed by atoms with van der Waals surface area (Å²) >= 11 is 0. The van der Waals surface area contributed by atoms with E-state index in [1.165, 1.54) is 0 Å². The number of piperazine rings is 1. The van der Waals surface area contributed by atoms with Crippen LogP contribution in [0.5, 0.6) is 5.75 Å². The molecule has 0 saturated carbocycles. The number of carbonyl (C=O) groups is 1. The molecule has 1 aliphatic heterocycles. The average Bonchev–Trinajstić information content (AvgIpc) is 2.62. The van der Waals surface area contributed by atoms with Gasteiger partial charge in [-0.05, 0) is 19.1 Å². The van der Waals surface area contributed by atoms with Crippen LogP contribution in [-0.2, 0) is 4.79 Å². The molecule has 0 aliphatic carbocycles. The fraction of sp³-hybridized carbons (Fsp3) is 0.353. The Bertz CT molecular complexity index is 714. The SMILES string of the molecule is COc1ccccc1Nc1cc(C)nc(N2CCN(C=O)CC2)n1. The summed E-state index contributed by atoms with van der Waals surface area (Å²) in [6, 6.07) is 9.61. The zero-order valence-corrected chi connectivity index (χ0v) is 13.9. The van der Waals surface area contributed by atoms with Crippen LogP contribution < -0.4 is 15.0 Å². The number of carbonyl (C=O) groups excluding carboxylic acids is 1. The van der Waals surface area contributed by atoms with Crippen molar-refractivity contribution in [1.29, 1.82) is 0 Å². The van der Waals surface area contributed by atoms with E-state index in [4.69, 9.17) is 4.74 Å². The van der Waals surface area contributed by atoms with Crippen LogP contribution in [0.15, 0.2) is 30.3 Å². The van der Waals surface area contributed by atoms with Crippen molar-refractivity contribution >= 4 is 23.9 Å². The van der Waals surface area contributed by atoms with E-state index in [2.05, 4.69) is 20.2 Å². The molecular weight excluding hydrogens is 306 g/mol. The normalized spacial score (nSPS) is 14.4. The minimum atomic E-state index is 0.679. The Hall–Kier alpha value is -2.83. The number of methoxy groups -OCH3 is 1. The van der Waals surface area contributed by atoms with Crippen LogP contribution in [0.25, 0.3) is 0 Å². The van der Waals surface area contributed by atoms with Crippen molar-refractivity contribution in [2.75, 3.05) is 43.5 Å². The summed E-state index contributed by atoms with van der Waals surface area (Å²) in [5, 5.41) is 3.29. The molecule has 1 amide bonds. The van der Waals surface area contributed by atoms with E-state index in [0.717, 1.165) is 42.4 Å². The lowest BCUT2D eigenvalue weighted by Crippen LogP contribution is -2.46. The Morgan fingerprint density at radius 2 is 1.92 bits per heavy atom. The van der Waals surface area contributed by atoms with Gasteiger partial charge in [0.25, 0.3) is 0 Å². The topological polar surface area (TPSA) is 70.6 Å². The number of nitrogens with one attached hydrogen (secondary N) is 1. The number of aryl methyl sites for hydroxylation is 1. The molecular formula is C17H21N5O2. The number of rotatable bonds is 5.